The van der Waals surface area contributed by atoms with Gasteiger partial charge >= 0.3 is 0 Å². The van der Waals surface area contributed by atoms with Crippen LogP contribution >= 0.6 is 0 Å². The number of rotatable bonds is 6. The number of nitrogens with zero attached hydrogens (tertiary/aromatic N) is 2. The van der Waals surface area contributed by atoms with Crippen molar-refractivity contribution in [2.75, 3.05) is 42.1 Å². The number of fused-ring (bicyclic) bond motifs is 1. The van der Waals surface area contributed by atoms with Crippen LogP contribution in [-0.2, 0) is 14.6 Å². The highest BCUT2D eigenvalue weighted by Gasteiger charge is 2.24. The topological polar surface area (TPSA) is 86.8 Å². The molecule has 0 aromatic heterocycles. The maximum atomic E-state index is 14.0. The van der Waals surface area contributed by atoms with E-state index < -0.39 is 27.3 Å². The minimum absolute atomic E-state index is 0.0728. The van der Waals surface area contributed by atoms with Crippen molar-refractivity contribution in [3.05, 3.63) is 102 Å². The van der Waals surface area contributed by atoms with Gasteiger partial charge in [0.2, 0.25) is 5.91 Å². The van der Waals surface area contributed by atoms with Gasteiger partial charge in [0.1, 0.15) is 11.6 Å². The summed E-state index contributed by atoms with van der Waals surface area (Å²) in [5, 5.41) is 4.37. The predicted molar refractivity (Wildman–Crippen MR) is 146 cm³/mol. The Labute approximate surface area is 220 Å². The molecular formula is C29H26FN3O4S. The van der Waals surface area contributed by atoms with Crippen molar-refractivity contribution in [2.24, 2.45) is 0 Å². The molecule has 1 N–H and O–H groups in total. The zero-order valence-corrected chi connectivity index (χ0v) is 21.3. The fraction of sp³-hybridized carbons (Fsp3) is 0.172. The number of sulfone groups is 1. The second-order valence-electron chi connectivity index (χ2n) is 9.12. The van der Waals surface area contributed by atoms with Crippen LogP contribution in [0.2, 0.25) is 0 Å². The standard InChI is InChI=1S/C29H26FN3O4S/c30-27-8-4-3-7-26(27)29(35)33-17-15-32(16-18-33)24-12-10-23(11-13-24)31-28(34)20-38(36,37)25-14-9-21-5-1-2-6-22(21)19-25/h1-14,19H,15-18,20H2,(H,31,34). The van der Waals surface area contributed by atoms with Gasteiger partial charge in [-0.25, -0.2) is 12.8 Å². The molecule has 0 radical (unpaired) electrons. The molecule has 7 nitrogen and oxygen atoms in total. The molecule has 194 valence electrons. The van der Waals surface area contributed by atoms with Crippen molar-refractivity contribution in [1.82, 2.24) is 4.90 Å². The van der Waals surface area contributed by atoms with Gasteiger partial charge in [-0.15, -0.1) is 0 Å². The largest absolute Gasteiger partial charge is 0.368 e. The Morgan fingerprint density at radius 1 is 0.789 bits per heavy atom. The summed E-state index contributed by atoms with van der Waals surface area (Å²) in [6, 6.07) is 25.3. The minimum Gasteiger partial charge on any atom is -0.368 e. The molecule has 0 spiro atoms. The van der Waals surface area contributed by atoms with Crippen LogP contribution in [0.4, 0.5) is 15.8 Å². The second kappa shape index (κ2) is 10.6. The van der Waals surface area contributed by atoms with E-state index in [1.54, 1.807) is 41.3 Å². The molecule has 0 unspecified atom stereocenters. The van der Waals surface area contributed by atoms with E-state index in [0.29, 0.717) is 31.9 Å². The Morgan fingerprint density at radius 3 is 2.16 bits per heavy atom. The van der Waals surface area contributed by atoms with E-state index in [2.05, 4.69) is 10.2 Å². The monoisotopic (exact) mass is 531 g/mol. The lowest BCUT2D eigenvalue weighted by Gasteiger charge is -2.36. The van der Waals surface area contributed by atoms with E-state index in [1.165, 1.54) is 18.2 Å². The normalized spacial score (nSPS) is 13.9. The fourth-order valence-corrected chi connectivity index (χ4v) is 5.71. The van der Waals surface area contributed by atoms with Crippen LogP contribution in [-0.4, -0.2) is 57.1 Å². The van der Waals surface area contributed by atoms with Crippen molar-refractivity contribution >= 4 is 43.8 Å². The average Bonchev–Trinajstić information content (AvgIpc) is 2.93. The lowest BCUT2D eigenvalue weighted by molar-refractivity contribution is -0.113. The van der Waals surface area contributed by atoms with E-state index >= 15 is 0 Å². The number of amides is 2. The number of carbonyl (C=O) groups excluding carboxylic acids is 2. The Balaban J connectivity index is 1.17. The summed E-state index contributed by atoms with van der Waals surface area (Å²) in [7, 11) is -3.81. The molecule has 0 aliphatic carbocycles. The minimum atomic E-state index is -3.81. The van der Waals surface area contributed by atoms with Crippen LogP contribution < -0.4 is 10.2 Å². The summed E-state index contributed by atoms with van der Waals surface area (Å²) in [5.74, 6) is -2.13. The predicted octanol–water partition coefficient (Wildman–Crippen LogP) is 4.35. The molecule has 0 bridgehead atoms. The number of anilines is 2. The van der Waals surface area contributed by atoms with Gasteiger partial charge in [-0.3, -0.25) is 9.59 Å². The van der Waals surface area contributed by atoms with Gasteiger partial charge in [0.05, 0.1) is 10.5 Å². The lowest BCUT2D eigenvalue weighted by atomic mass is 10.1. The van der Waals surface area contributed by atoms with Crippen LogP contribution in [0.5, 0.6) is 0 Å². The summed E-state index contributed by atoms with van der Waals surface area (Å²) in [6.07, 6.45) is 0. The summed E-state index contributed by atoms with van der Waals surface area (Å²) in [6.45, 7) is 2.07. The van der Waals surface area contributed by atoms with E-state index in [-0.39, 0.29) is 16.4 Å². The highest BCUT2D eigenvalue weighted by molar-refractivity contribution is 7.92. The first kappa shape index (κ1) is 25.4. The number of piperazine rings is 1. The van der Waals surface area contributed by atoms with Crippen LogP contribution in [0.3, 0.4) is 0 Å². The van der Waals surface area contributed by atoms with E-state index in [9.17, 15) is 22.4 Å². The van der Waals surface area contributed by atoms with Gasteiger partial charge in [0, 0.05) is 37.6 Å². The highest BCUT2D eigenvalue weighted by Crippen LogP contribution is 2.22. The maximum absolute atomic E-state index is 14.0. The molecule has 4 aromatic rings. The third-order valence-corrected chi connectivity index (χ3v) is 8.20. The Kier molecular flexibility index (Phi) is 7.11. The van der Waals surface area contributed by atoms with Gasteiger partial charge in [0.25, 0.3) is 5.91 Å². The SMILES string of the molecule is O=C(CS(=O)(=O)c1ccc2ccccc2c1)Nc1ccc(N2CCN(C(=O)c3ccccc3F)CC2)cc1. The molecule has 5 rings (SSSR count). The molecular weight excluding hydrogens is 505 g/mol. The zero-order chi connectivity index (χ0) is 26.7. The van der Waals surface area contributed by atoms with Crippen molar-refractivity contribution in [2.45, 2.75) is 4.90 Å². The quantitative estimate of drug-likeness (QED) is 0.400. The molecule has 1 saturated heterocycles. The van der Waals surface area contributed by atoms with E-state index in [0.717, 1.165) is 16.5 Å². The van der Waals surface area contributed by atoms with E-state index in [4.69, 9.17) is 0 Å². The van der Waals surface area contributed by atoms with Crippen molar-refractivity contribution in [1.29, 1.82) is 0 Å². The molecule has 4 aromatic carbocycles. The average molecular weight is 532 g/mol. The Morgan fingerprint density at radius 2 is 1.45 bits per heavy atom. The zero-order valence-electron chi connectivity index (χ0n) is 20.5. The number of hydrogen-bond donors (Lipinski definition) is 1. The number of benzene rings is 4. The second-order valence-corrected chi connectivity index (χ2v) is 11.1. The van der Waals surface area contributed by atoms with Crippen LogP contribution in [0, 0.1) is 5.82 Å². The van der Waals surface area contributed by atoms with Gasteiger partial charge in [0.15, 0.2) is 9.84 Å². The van der Waals surface area contributed by atoms with Crippen molar-refractivity contribution in [3.8, 4) is 0 Å². The number of carbonyl (C=O) groups is 2. The highest BCUT2D eigenvalue weighted by atomic mass is 32.2. The molecule has 38 heavy (non-hydrogen) atoms. The summed E-state index contributed by atoms with van der Waals surface area (Å²) in [4.78, 5) is 29.0. The number of hydrogen-bond acceptors (Lipinski definition) is 5. The number of halogens is 1. The first-order valence-corrected chi connectivity index (χ1v) is 13.9. The molecule has 1 fully saturated rings. The molecule has 0 saturated carbocycles. The van der Waals surface area contributed by atoms with Crippen LogP contribution in [0.25, 0.3) is 10.8 Å². The van der Waals surface area contributed by atoms with Gasteiger partial charge < -0.3 is 15.1 Å². The molecule has 2 amide bonds. The number of nitrogens with one attached hydrogen (secondary N) is 1. The van der Waals surface area contributed by atoms with Gasteiger partial charge in [-0.05, 0) is 59.3 Å². The summed E-state index contributed by atoms with van der Waals surface area (Å²) >= 11 is 0. The maximum Gasteiger partial charge on any atom is 0.256 e. The van der Waals surface area contributed by atoms with E-state index in [1.807, 2.05) is 36.4 Å². The molecule has 1 aliphatic rings. The Hall–Kier alpha value is -4.24. The van der Waals surface area contributed by atoms with Gasteiger partial charge in [-0.1, -0.05) is 42.5 Å². The van der Waals surface area contributed by atoms with Crippen LogP contribution in [0.15, 0.2) is 95.9 Å². The third-order valence-electron chi connectivity index (χ3n) is 6.59. The summed E-state index contributed by atoms with van der Waals surface area (Å²) in [5.41, 5.74) is 1.47. The molecule has 1 heterocycles. The van der Waals surface area contributed by atoms with Crippen LogP contribution in [0.1, 0.15) is 10.4 Å². The molecule has 1 aliphatic heterocycles. The molecule has 0 atom stereocenters. The lowest BCUT2D eigenvalue weighted by Crippen LogP contribution is -2.49. The summed E-state index contributed by atoms with van der Waals surface area (Å²) < 4.78 is 39.6. The van der Waals surface area contributed by atoms with Crippen molar-refractivity contribution < 1.29 is 22.4 Å². The molecule has 9 heteroatoms. The third kappa shape index (κ3) is 5.52. The smallest absolute Gasteiger partial charge is 0.256 e. The Bertz CT molecular complexity index is 1600. The first-order chi connectivity index (χ1) is 18.3. The first-order valence-electron chi connectivity index (χ1n) is 12.2. The van der Waals surface area contributed by atoms with Gasteiger partial charge in [-0.2, -0.15) is 0 Å². The fourth-order valence-electron chi connectivity index (χ4n) is 4.54. The van der Waals surface area contributed by atoms with Crippen molar-refractivity contribution in [3.63, 3.8) is 0 Å².